The van der Waals surface area contributed by atoms with Gasteiger partial charge in [-0.3, -0.25) is 9.59 Å². The number of nitrogens with two attached hydrogens (primary N) is 2. The number of nitrogens with zero attached hydrogens (tertiary/aromatic N) is 1. The zero-order valence-electron chi connectivity index (χ0n) is 10.8. The Labute approximate surface area is 112 Å². The topological polar surface area (TPSA) is 89.4 Å². The van der Waals surface area contributed by atoms with Crippen molar-refractivity contribution in [3.05, 3.63) is 35.9 Å². The van der Waals surface area contributed by atoms with Gasteiger partial charge in [-0.15, -0.1) is 0 Å². The molecule has 4 N–H and O–H groups in total. The Kier molecular flexibility index (Phi) is 4.16. The van der Waals surface area contributed by atoms with Crippen LogP contribution in [0.3, 0.4) is 0 Å². The first-order chi connectivity index (χ1) is 9.09. The van der Waals surface area contributed by atoms with E-state index in [9.17, 15) is 9.59 Å². The normalized spacial score (nSPS) is 18.1. The van der Waals surface area contributed by atoms with Gasteiger partial charge in [-0.1, -0.05) is 30.3 Å². The molecular weight excluding hydrogens is 242 g/mol. The number of rotatable bonds is 3. The highest BCUT2D eigenvalue weighted by atomic mass is 16.2. The van der Waals surface area contributed by atoms with Crippen LogP contribution in [0.15, 0.2) is 30.3 Å². The fraction of sp³-hybridized carbons (Fsp3) is 0.429. The minimum Gasteiger partial charge on any atom is -0.369 e. The number of benzene rings is 1. The minimum atomic E-state index is -0.633. The molecule has 0 spiro atoms. The largest absolute Gasteiger partial charge is 0.369 e. The highest BCUT2D eigenvalue weighted by Gasteiger charge is 2.28. The molecule has 1 heterocycles. The molecule has 0 bridgehead atoms. The lowest BCUT2D eigenvalue weighted by Crippen LogP contribution is -2.45. The zero-order valence-corrected chi connectivity index (χ0v) is 10.8. The van der Waals surface area contributed by atoms with Crippen molar-refractivity contribution >= 4 is 11.8 Å². The fourth-order valence-corrected chi connectivity index (χ4v) is 2.38. The van der Waals surface area contributed by atoms with Crippen molar-refractivity contribution in [3.63, 3.8) is 0 Å². The Hall–Kier alpha value is -1.88. The van der Waals surface area contributed by atoms with Gasteiger partial charge >= 0.3 is 0 Å². The van der Waals surface area contributed by atoms with Crippen LogP contribution in [-0.2, 0) is 9.59 Å². The zero-order chi connectivity index (χ0) is 13.8. The second-order valence-corrected chi connectivity index (χ2v) is 4.89. The van der Waals surface area contributed by atoms with E-state index >= 15 is 0 Å². The molecule has 0 unspecified atom stereocenters. The van der Waals surface area contributed by atoms with Gasteiger partial charge in [-0.25, -0.2) is 0 Å². The Morgan fingerprint density at radius 3 is 2.26 bits per heavy atom. The first-order valence-electron chi connectivity index (χ1n) is 6.48. The van der Waals surface area contributed by atoms with E-state index in [0.717, 1.165) is 5.56 Å². The molecule has 2 amide bonds. The number of hydrogen-bond acceptors (Lipinski definition) is 3. The van der Waals surface area contributed by atoms with Crippen molar-refractivity contribution < 1.29 is 9.59 Å². The van der Waals surface area contributed by atoms with Crippen LogP contribution in [-0.4, -0.2) is 29.8 Å². The third-order valence-electron chi connectivity index (χ3n) is 3.63. The van der Waals surface area contributed by atoms with Gasteiger partial charge in [-0.2, -0.15) is 0 Å². The lowest BCUT2D eigenvalue weighted by molar-refractivity contribution is -0.136. The third-order valence-corrected chi connectivity index (χ3v) is 3.63. The number of primary amides is 1. The summed E-state index contributed by atoms with van der Waals surface area (Å²) in [6.45, 7) is 1.10. The van der Waals surface area contributed by atoms with E-state index in [1.165, 1.54) is 0 Å². The van der Waals surface area contributed by atoms with E-state index in [1.54, 1.807) is 4.90 Å². The number of amides is 2. The van der Waals surface area contributed by atoms with Crippen LogP contribution in [0, 0.1) is 5.92 Å². The van der Waals surface area contributed by atoms with Gasteiger partial charge < -0.3 is 16.4 Å². The highest BCUT2D eigenvalue weighted by Crippen LogP contribution is 2.20. The van der Waals surface area contributed by atoms with Gasteiger partial charge in [0.05, 0.1) is 0 Å². The second kappa shape index (κ2) is 5.84. The van der Waals surface area contributed by atoms with Crippen LogP contribution < -0.4 is 11.5 Å². The molecule has 0 aromatic heterocycles. The van der Waals surface area contributed by atoms with Crippen LogP contribution in [0.2, 0.25) is 0 Å². The van der Waals surface area contributed by atoms with E-state index < -0.39 is 6.04 Å². The number of carbonyl (C=O) groups is 2. The van der Waals surface area contributed by atoms with Crippen molar-refractivity contribution in [2.45, 2.75) is 18.9 Å². The first kappa shape index (κ1) is 13.5. The summed E-state index contributed by atoms with van der Waals surface area (Å²) >= 11 is 0. The molecule has 1 aliphatic rings. The summed E-state index contributed by atoms with van der Waals surface area (Å²) in [7, 11) is 0. The summed E-state index contributed by atoms with van der Waals surface area (Å²) in [6.07, 6.45) is 1.26. The standard InChI is InChI=1S/C14H19N3O2/c15-12(10-4-2-1-3-5-10)14(19)17-8-6-11(7-9-17)13(16)18/h1-5,11-12H,6-9,15H2,(H2,16,18)/t12-/m1/s1. The average molecular weight is 261 g/mol. The summed E-state index contributed by atoms with van der Waals surface area (Å²) in [4.78, 5) is 25.1. The predicted octanol–water partition coefficient (Wildman–Crippen LogP) is 0.410. The molecule has 1 aliphatic heterocycles. The van der Waals surface area contributed by atoms with Crippen molar-refractivity contribution in [1.29, 1.82) is 0 Å². The smallest absolute Gasteiger partial charge is 0.244 e. The van der Waals surface area contributed by atoms with Crippen LogP contribution in [0.1, 0.15) is 24.4 Å². The molecule has 102 valence electrons. The minimum absolute atomic E-state index is 0.0888. The van der Waals surface area contributed by atoms with Crippen molar-refractivity contribution in [2.24, 2.45) is 17.4 Å². The Bertz CT molecular complexity index is 453. The van der Waals surface area contributed by atoms with E-state index in [1.807, 2.05) is 30.3 Å². The van der Waals surface area contributed by atoms with Crippen molar-refractivity contribution in [2.75, 3.05) is 13.1 Å². The van der Waals surface area contributed by atoms with Crippen molar-refractivity contribution in [1.82, 2.24) is 4.90 Å². The van der Waals surface area contributed by atoms with Crippen LogP contribution >= 0.6 is 0 Å². The molecule has 1 saturated heterocycles. The molecular formula is C14H19N3O2. The molecule has 0 saturated carbocycles. The highest BCUT2D eigenvalue weighted by molar-refractivity contribution is 5.83. The lowest BCUT2D eigenvalue weighted by atomic mass is 9.95. The van der Waals surface area contributed by atoms with Gasteiger partial charge in [0.1, 0.15) is 6.04 Å². The van der Waals surface area contributed by atoms with Gasteiger partial charge in [0, 0.05) is 19.0 Å². The molecule has 1 fully saturated rings. The van der Waals surface area contributed by atoms with Gasteiger partial charge in [0.15, 0.2) is 0 Å². The molecule has 5 nitrogen and oxygen atoms in total. The molecule has 0 aliphatic carbocycles. The van der Waals surface area contributed by atoms with Gasteiger partial charge in [-0.05, 0) is 18.4 Å². The number of piperidine rings is 1. The van der Waals surface area contributed by atoms with Gasteiger partial charge in [0.2, 0.25) is 11.8 Å². The summed E-state index contributed by atoms with van der Waals surface area (Å²) in [5.41, 5.74) is 12.1. The Morgan fingerprint density at radius 1 is 1.16 bits per heavy atom. The third kappa shape index (κ3) is 3.12. The first-order valence-corrected chi connectivity index (χ1v) is 6.48. The summed E-state index contributed by atoms with van der Waals surface area (Å²) in [5, 5.41) is 0. The van der Waals surface area contributed by atoms with E-state index in [-0.39, 0.29) is 17.7 Å². The molecule has 0 radical (unpaired) electrons. The number of likely N-dealkylation sites (tertiary alicyclic amines) is 1. The Balaban J connectivity index is 1.96. The maximum Gasteiger partial charge on any atom is 0.244 e. The SMILES string of the molecule is NC(=O)C1CCN(C(=O)[C@H](N)c2ccccc2)CC1. The number of hydrogen-bond donors (Lipinski definition) is 2. The monoisotopic (exact) mass is 261 g/mol. The molecule has 5 heteroatoms. The molecule has 2 rings (SSSR count). The molecule has 1 aromatic rings. The van der Waals surface area contributed by atoms with Gasteiger partial charge in [0.25, 0.3) is 0 Å². The second-order valence-electron chi connectivity index (χ2n) is 4.89. The molecule has 19 heavy (non-hydrogen) atoms. The van der Waals surface area contributed by atoms with E-state index in [4.69, 9.17) is 11.5 Å². The lowest BCUT2D eigenvalue weighted by Gasteiger charge is -2.32. The predicted molar refractivity (Wildman–Crippen MR) is 71.9 cm³/mol. The molecule has 1 atom stereocenters. The summed E-state index contributed by atoms with van der Waals surface area (Å²) < 4.78 is 0. The van der Waals surface area contributed by atoms with Crippen LogP contribution in [0.4, 0.5) is 0 Å². The van der Waals surface area contributed by atoms with Crippen LogP contribution in [0.5, 0.6) is 0 Å². The maximum atomic E-state index is 12.3. The Morgan fingerprint density at radius 2 is 1.74 bits per heavy atom. The maximum absolute atomic E-state index is 12.3. The quantitative estimate of drug-likeness (QED) is 0.825. The molecule has 1 aromatic carbocycles. The van der Waals surface area contributed by atoms with Crippen LogP contribution in [0.25, 0.3) is 0 Å². The summed E-state index contributed by atoms with van der Waals surface area (Å²) in [5.74, 6) is -0.481. The van der Waals surface area contributed by atoms with Crippen molar-refractivity contribution in [3.8, 4) is 0 Å². The summed E-state index contributed by atoms with van der Waals surface area (Å²) in [6, 6.07) is 8.67. The average Bonchev–Trinajstić information content (AvgIpc) is 2.46. The fourth-order valence-electron chi connectivity index (χ4n) is 2.38. The number of carbonyl (C=O) groups excluding carboxylic acids is 2. The van der Waals surface area contributed by atoms with E-state index in [0.29, 0.717) is 25.9 Å². The van der Waals surface area contributed by atoms with E-state index in [2.05, 4.69) is 0 Å².